The quantitative estimate of drug-likeness (QED) is 0.350. The van der Waals surface area contributed by atoms with E-state index in [0.29, 0.717) is 11.5 Å². The van der Waals surface area contributed by atoms with Crippen LogP contribution in [-0.4, -0.2) is 29.0 Å². The molecule has 0 radical (unpaired) electrons. The molecule has 9 heteroatoms. The summed E-state index contributed by atoms with van der Waals surface area (Å²) in [4.78, 5) is 23.1. The Balaban J connectivity index is 1.27. The number of oxazole rings is 1. The van der Waals surface area contributed by atoms with Gasteiger partial charge in [-0.2, -0.15) is 13.2 Å². The molecule has 1 aliphatic heterocycles. The van der Waals surface area contributed by atoms with E-state index in [1.54, 1.807) is 42.5 Å². The molecule has 1 aliphatic rings. The van der Waals surface area contributed by atoms with Crippen LogP contribution in [0.1, 0.15) is 40.6 Å². The van der Waals surface area contributed by atoms with Crippen LogP contribution in [0.4, 0.5) is 24.7 Å². The zero-order chi connectivity index (χ0) is 25.1. The molecular weight excluding hydrogens is 469 g/mol. The summed E-state index contributed by atoms with van der Waals surface area (Å²) in [6.45, 7) is 1.68. The third kappa shape index (κ3) is 5.10. The first-order valence-electron chi connectivity index (χ1n) is 11.6. The van der Waals surface area contributed by atoms with Crippen LogP contribution in [0.2, 0.25) is 0 Å². The molecule has 2 aromatic heterocycles. The van der Waals surface area contributed by atoms with Crippen molar-refractivity contribution < 1.29 is 22.4 Å². The molecule has 3 heterocycles. The second-order valence-corrected chi connectivity index (χ2v) is 8.59. The number of aromatic nitrogens is 2. The number of piperidine rings is 1. The molecule has 0 bridgehead atoms. The van der Waals surface area contributed by atoms with Gasteiger partial charge < -0.3 is 14.6 Å². The lowest BCUT2D eigenvalue weighted by Gasteiger charge is -2.33. The van der Waals surface area contributed by atoms with E-state index in [1.807, 2.05) is 6.07 Å². The van der Waals surface area contributed by atoms with Gasteiger partial charge >= 0.3 is 6.18 Å². The van der Waals surface area contributed by atoms with E-state index in [4.69, 9.17) is 4.42 Å². The highest BCUT2D eigenvalue weighted by Gasteiger charge is 2.42. The van der Waals surface area contributed by atoms with E-state index in [2.05, 4.69) is 44.5 Å². The zero-order valence-electron chi connectivity index (χ0n) is 19.2. The second-order valence-electron chi connectivity index (χ2n) is 8.59. The van der Waals surface area contributed by atoms with Gasteiger partial charge in [0.05, 0.1) is 11.9 Å². The highest BCUT2D eigenvalue weighted by Crippen LogP contribution is 2.36. The minimum absolute atomic E-state index is 0.264. The van der Waals surface area contributed by atoms with Crippen molar-refractivity contribution in [3.05, 3.63) is 96.0 Å². The van der Waals surface area contributed by atoms with Gasteiger partial charge in [0.25, 0.3) is 5.91 Å². The van der Waals surface area contributed by atoms with Crippen molar-refractivity contribution in [3.8, 4) is 11.5 Å². The SMILES string of the molecule is O=C(Nc1ccc(N2CCC(c3ccccc3)CC2)nc1)c1nc(-c2ccccc2)oc1C(F)(F)F. The smallest absolute Gasteiger partial charge is 0.431 e. The normalized spacial score (nSPS) is 14.6. The Labute approximate surface area is 205 Å². The molecule has 184 valence electrons. The van der Waals surface area contributed by atoms with Crippen molar-refractivity contribution in [2.75, 3.05) is 23.3 Å². The average Bonchev–Trinajstić information content (AvgIpc) is 3.37. The van der Waals surface area contributed by atoms with Crippen LogP contribution >= 0.6 is 0 Å². The maximum absolute atomic E-state index is 13.5. The summed E-state index contributed by atoms with van der Waals surface area (Å²) >= 11 is 0. The number of nitrogens with zero attached hydrogens (tertiary/aromatic N) is 3. The van der Waals surface area contributed by atoms with E-state index >= 15 is 0 Å². The summed E-state index contributed by atoms with van der Waals surface area (Å²) in [6, 6.07) is 21.9. The van der Waals surface area contributed by atoms with Crippen LogP contribution in [0.3, 0.4) is 0 Å². The fourth-order valence-electron chi connectivity index (χ4n) is 4.37. The molecule has 1 amide bonds. The number of nitrogens with one attached hydrogen (secondary N) is 1. The molecule has 0 unspecified atom stereocenters. The molecular formula is C27H23F3N4O2. The highest BCUT2D eigenvalue weighted by atomic mass is 19.4. The van der Waals surface area contributed by atoms with Gasteiger partial charge in [-0.05, 0) is 48.6 Å². The fraction of sp³-hybridized carbons (Fsp3) is 0.222. The molecule has 4 aromatic rings. The molecule has 0 spiro atoms. The van der Waals surface area contributed by atoms with Gasteiger partial charge in [-0.1, -0.05) is 48.5 Å². The van der Waals surface area contributed by atoms with E-state index < -0.39 is 23.5 Å². The predicted octanol–water partition coefficient (Wildman–Crippen LogP) is 6.39. The topological polar surface area (TPSA) is 71.3 Å². The Bertz CT molecular complexity index is 1310. The van der Waals surface area contributed by atoms with Crippen molar-refractivity contribution in [2.24, 2.45) is 0 Å². The van der Waals surface area contributed by atoms with E-state index in [0.717, 1.165) is 31.7 Å². The maximum Gasteiger partial charge on any atom is 0.452 e. The zero-order valence-corrected chi connectivity index (χ0v) is 19.2. The largest absolute Gasteiger partial charge is 0.452 e. The molecule has 1 fully saturated rings. The minimum atomic E-state index is -4.87. The number of halogens is 3. The average molecular weight is 493 g/mol. The van der Waals surface area contributed by atoms with Crippen molar-refractivity contribution in [3.63, 3.8) is 0 Å². The number of anilines is 2. The Morgan fingerprint density at radius 3 is 2.22 bits per heavy atom. The lowest BCUT2D eigenvalue weighted by atomic mass is 9.89. The third-order valence-electron chi connectivity index (χ3n) is 6.22. The van der Waals surface area contributed by atoms with Crippen LogP contribution in [0.15, 0.2) is 83.4 Å². The molecule has 5 rings (SSSR count). The second kappa shape index (κ2) is 9.85. The Kier molecular flexibility index (Phi) is 6.45. The Morgan fingerprint density at radius 2 is 1.61 bits per heavy atom. The summed E-state index contributed by atoms with van der Waals surface area (Å²) in [5, 5.41) is 2.45. The lowest BCUT2D eigenvalue weighted by molar-refractivity contribution is -0.153. The van der Waals surface area contributed by atoms with E-state index in [9.17, 15) is 18.0 Å². The summed E-state index contributed by atoms with van der Waals surface area (Å²) in [5.74, 6) is -1.48. The number of carbonyl (C=O) groups is 1. The maximum atomic E-state index is 13.5. The first-order valence-corrected chi connectivity index (χ1v) is 11.6. The van der Waals surface area contributed by atoms with E-state index in [1.165, 1.54) is 11.8 Å². The first kappa shape index (κ1) is 23.6. The van der Waals surface area contributed by atoms with Gasteiger partial charge in [-0.25, -0.2) is 9.97 Å². The fourth-order valence-corrected chi connectivity index (χ4v) is 4.37. The number of hydrogen-bond acceptors (Lipinski definition) is 5. The monoisotopic (exact) mass is 492 g/mol. The van der Waals surface area contributed by atoms with Crippen molar-refractivity contribution in [1.82, 2.24) is 9.97 Å². The number of benzene rings is 2. The number of carbonyl (C=O) groups excluding carboxylic acids is 1. The predicted molar refractivity (Wildman–Crippen MR) is 130 cm³/mol. The lowest BCUT2D eigenvalue weighted by Crippen LogP contribution is -2.33. The molecule has 2 aromatic carbocycles. The van der Waals surface area contributed by atoms with Crippen LogP contribution in [0, 0.1) is 0 Å². The molecule has 0 atom stereocenters. The molecule has 0 aliphatic carbocycles. The van der Waals surface area contributed by atoms with Crippen molar-refractivity contribution >= 4 is 17.4 Å². The Hall–Kier alpha value is -4.14. The van der Waals surface area contributed by atoms with Crippen molar-refractivity contribution in [1.29, 1.82) is 0 Å². The molecule has 1 saturated heterocycles. The molecule has 36 heavy (non-hydrogen) atoms. The van der Waals surface area contributed by atoms with Gasteiger partial charge in [0.15, 0.2) is 5.69 Å². The summed E-state index contributed by atoms with van der Waals surface area (Å²) in [7, 11) is 0. The van der Waals surface area contributed by atoms with Gasteiger partial charge in [-0.3, -0.25) is 4.79 Å². The van der Waals surface area contributed by atoms with E-state index in [-0.39, 0.29) is 11.6 Å². The first-order chi connectivity index (χ1) is 17.4. The van der Waals surface area contributed by atoms with Crippen LogP contribution in [0.25, 0.3) is 11.5 Å². The number of hydrogen-bond donors (Lipinski definition) is 1. The summed E-state index contributed by atoms with van der Waals surface area (Å²) in [5.41, 5.74) is 1.11. The number of pyridine rings is 1. The van der Waals surface area contributed by atoms with Gasteiger partial charge in [0.2, 0.25) is 11.7 Å². The van der Waals surface area contributed by atoms with Crippen LogP contribution in [0.5, 0.6) is 0 Å². The molecule has 6 nitrogen and oxygen atoms in total. The number of alkyl halides is 3. The van der Waals surface area contributed by atoms with Crippen LogP contribution in [-0.2, 0) is 6.18 Å². The summed E-state index contributed by atoms with van der Waals surface area (Å²) < 4.78 is 45.6. The summed E-state index contributed by atoms with van der Waals surface area (Å²) in [6.07, 6.45) is -1.44. The minimum Gasteiger partial charge on any atom is -0.431 e. The third-order valence-corrected chi connectivity index (χ3v) is 6.22. The van der Waals surface area contributed by atoms with Gasteiger partial charge in [0.1, 0.15) is 5.82 Å². The molecule has 0 saturated carbocycles. The number of amides is 1. The molecule has 1 N–H and O–H groups in total. The standard InChI is InChI=1S/C27H23F3N4O2/c28-27(29,30)24-23(33-26(36-24)20-9-5-2-6-10-20)25(35)32-21-11-12-22(31-17-21)34-15-13-19(14-16-34)18-7-3-1-4-8-18/h1-12,17,19H,13-16H2,(H,32,35). The Morgan fingerprint density at radius 1 is 0.944 bits per heavy atom. The van der Waals surface area contributed by atoms with Crippen LogP contribution < -0.4 is 10.2 Å². The van der Waals surface area contributed by atoms with Crippen molar-refractivity contribution in [2.45, 2.75) is 24.9 Å². The number of rotatable bonds is 5. The van der Waals surface area contributed by atoms with Gasteiger partial charge in [0, 0.05) is 18.7 Å². The van der Waals surface area contributed by atoms with Gasteiger partial charge in [-0.15, -0.1) is 0 Å². The highest BCUT2D eigenvalue weighted by molar-refractivity contribution is 6.04.